The molecule has 5 aliphatic rings. The summed E-state index contributed by atoms with van der Waals surface area (Å²) < 4.78 is 2.66. The third kappa shape index (κ3) is 1.93. The van der Waals surface area contributed by atoms with Crippen molar-refractivity contribution in [2.24, 2.45) is 17.8 Å². The van der Waals surface area contributed by atoms with E-state index in [1.54, 1.807) is 0 Å². The quantitative estimate of drug-likeness (QED) is 0.904. The summed E-state index contributed by atoms with van der Waals surface area (Å²) >= 11 is 0. The molecular formula is C18H27N3. The predicted octanol–water partition coefficient (Wildman–Crippen LogP) is 3.28. The molecule has 4 saturated carbocycles. The topological polar surface area (TPSA) is 29.9 Å². The summed E-state index contributed by atoms with van der Waals surface area (Å²) in [4.78, 5) is 4.59. The Morgan fingerprint density at radius 3 is 2.43 bits per heavy atom. The van der Waals surface area contributed by atoms with Gasteiger partial charge >= 0.3 is 0 Å². The van der Waals surface area contributed by atoms with Gasteiger partial charge in [-0.1, -0.05) is 0 Å². The lowest BCUT2D eigenvalue weighted by Crippen LogP contribution is -2.52. The van der Waals surface area contributed by atoms with Crippen LogP contribution in [0.15, 0.2) is 12.5 Å². The fourth-order valence-electron chi connectivity index (χ4n) is 6.47. The molecule has 0 aromatic carbocycles. The SMILES string of the molecule is c1ncn(C23CC4CC(CC(C4)C2)C3)c1C1CCCNC1. The van der Waals surface area contributed by atoms with Gasteiger partial charge in [0, 0.05) is 29.9 Å². The largest absolute Gasteiger partial charge is 0.328 e. The molecule has 3 heteroatoms. The van der Waals surface area contributed by atoms with Crippen LogP contribution >= 0.6 is 0 Å². The predicted molar refractivity (Wildman–Crippen MR) is 83.2 cm³/mol. The van der Waals surface area contributed by atoms with Crippen molar-refractivity contribution < 1.29 is 0 Å². The molecule has 4 aliphatic carbocycles. The second-order valence-corrected chi connectivity index (χ2v) is 8.37. The molecule has 6 rings (SSSR count). The summed E-state index contributed by atoms with van der Waals surface area (Å²) in [5.74, 6) is 3.72. The fourth-order valence-corrected chi connectivity index (χ4v) is 6.47. The first-order valence-corrected chi connectivity index (χ1v) is 9.06. The van der Waals surface area contributed by atoms with Crippen LogP contribution in [0.4, 0.5) is 0 Å². The Kier molecular flexibility index (Phi) is 2.77. The van der Waals surface area contributed by atoms with E-state index in [0.29, 0.717) is 11.5 Å². The highest BCUT2D eigenvalue weighted by molar-refractivity contribution is 5.15. The first-order chi connectivity index (χ1) is 10.3. The third-order valence-corrected chi connectivity index (χ3v) is 6.90. The number of hydrogen-bond donors (Lipinski definition) is 1. The summed E-state index contributed by atoms with van der Waals surface area (Å²) in [6, 6.07) is 0. The van der Waals surface area contributed by atoms with Crippen molar-refractivity contribution >= 4 is 0 Å². The zero-order valence-corrected chi connectivity index (χ0v) is 12.9. The Labute approximate surface area is 127 Å². The molecule has 1 saturated heterocycles. The molecule has 114 valence electrons. The average molecular weight is 285 g/mol. The van der Waals surface area contributed by atoms with E-state index in [-0.39, 0.29) is 0 Å². The lowest BCUT2D eigenvalue weighted by atomic mass is 9.53. The van der Waals surface area contributed by atoms with Crippen LogP contribution in [0.5, 0.6) is 0 Å². The van der Waals surface area contributed by atoms with Crippen LogP contribution in [0.1, 0.15) is 63.0 Å². The molecule has 1 aromatic rings. The van der Waals surface area contributed by atoms with Crippen LogP contribution in [0.2, 0.25) is 0 Å². The monoisotopic (exact) mass is 285 g/mol. The highest BCUT2D eigenvalue weighted by Crippen LogP contribution is 2.59. The highest BCUT2D eigenvalue weighted by atomic mass is 15.1. The van der Waals surface area contributed by atoms with Gasteiger partial charge in [-0.2, -0.15) is 0 Å². The zero-order valence-electron chi connectivity index (χ0n) is 12.9. The van der Waals surface area contributed by atoms with E-state index >= 15 is 0 Å². The first-order valence-electron chi connectivity index (χ1n) is 9.06. The lowest BCUT2D eigenvalue weighted by molar-refractivity contribution is -0.0448. The Hall–Kier alpha value is -0.830. The number of hydrogen-bond acceptors (Lipinski definition) is 2. The summed E-state index contributed by atoms with van der Waals surface area (Å²) in [5, 5.41) is 3.58. The normalized spacial score (nSPS) is 45.1. The van der Waals surface area contributed by atoms with Crippen LogP contribution in [0, 0.1) is 17.8 Å². The van der Waals surface area contributed by atoms with Gasteiger partial charge in [0.05, 0.1) is 6.33 Å². The van der Waals surface area contributed by atoms with E-state index in [1.807, 2.05) is 0 Å². The van der Waals surface area contributed by atoms with Gasteiger partial charge in [0.2, 0.25) is 0 Å². The van der Waals surface area contributed by atoms with Gasteiger partial charge in [0.15, 0.2) is 0 Å². The Balaban J connectivity index is 1.51. The van der Waals surface area contributed by atoms with E-state index in [4.69, 9.17) is 0 Å². The second-order valence-electron chi connectivity index (χ2n) is 8.37. The molecule has 1 aromatic heterocycles. The van der Waals surface area contributed by atoms with Crippen molar-refractivity contribution in [3.05, 3.63) is 18.2 Å². The standard InChI is InChI=1S/C18H27N3/c1-2-16(10-19-3-1)17-11-20-12-21(17)18-7-13-4-14(8-18)6-15(5-13)9-18/h11-16,19H,1-10H2. The third-order valence-electron chi connectivity index (χ3n) is 6.90. The molecule has 1 aliphatic heterocycles. The minimum absolute atomic E-state index is 0.442. The smallest absolute Gasteiger partial charge is 0.0953 e. The van der Waals surface area contributed by atoms with Crippen molar-refractivity contribution in [1.29, 1.82) is 0 Å². The molecule has 5 fully saturated rings. The number of imidazole rings is 1. The maximum absolute atomic E-state index is 4.59. The maximum atomic E-state index is 4.59. The Bertz CT molecular complexity index is 491. The number of rotatable bonds is 2. The molecule has 21 heavy (non-hydrogen) atoms. The maximum Gasteiger partial charge on any atom is 0.0953 e. The van der Waals surface area contributed by atoms with Gasteiger partial charge < -0.3 is 9.88 Å². The van der Waals surface area contributed by atoms with Gasteiger partial charge in [0.1, 0.15) is 0 Å². The van der Waals surface area contributed by atoms with Crippen LogP contribution < -0.4 is 5.32 Å². The minimum Gasteiger partial charge on any atom is -0.328 e. The molecule has 1 N–H and O–H groups in total. The molecule has 3 nitrogen and oxygen atoms in total. The van der Waals surface area contributed by atoms with Crippen LogP contribution in [-0.4, -0.2) is 22.6 Å². The van der Waals surface area contributed by atoms with Gasteiger partial charge in [-0.05, 0) is 75.7 Å². The van der Waals surface area contributed by atoms with Crippen LogP contribution in [0.3, 0.4) is 0 Å². The van der Waals surface area contributed by atoms with Gasteiger partial charge in [-0.15, -0.1) is 0 Å². The average Bonchev–Trinajstić information content (AvgIpc) is 2.97. The van der Waals surface area contributed by atoms with Gasteiger partial charge in [0.25, 0.3) is 0 Å². The van der Waals surface area contributed by atoms with Crippen molar-refractivity contribution in [3.63, 3.8) is 0 Å². The lowest BCUT2D eigenvalue weighted by Gasteiger charge is -2.57. The van der Waals surface area contributed by atoms with Crippen molar-refractivity contribution in [3.8, 4) is 0 Å². The second kappa shape index (κ2) is 4.58. The minimum atomic E-state index is 0.442. The molecular weight excluding hydrogens is 258 g/mol. The molecule has 0 amide bonds. The zero-order chi connectivity index (χ0) is 13.9. The summed E-state index contributed by atoms with van der Waals surface area (Å²) in [7, 11) is 0. The van der Waals surface area contributed by atoms with E-state index in [0.717, 1.165) is 24.3 Å². The molecule has 2 heterocycles. The molecule has 0 radical (unpaired) electrons. The molecule has 1 unspecified atom stereocenters. The van der Waals surface area contributed by atoms with E-state index in [2.05, 4.69) is 27.4 Å². The fraction of sp³-hybridized carbons (Fsp3) is 0.833. The Morgan fingerprint density at radius 2 is 1.81 bits per heavy atom. The van der Waals surface area contributed by atoms with Crippen LogP contribution in [-0.2, 0) is 5.54 Å². The number of piperidine rings is 1. The van der Waals surface area contributed by atoms with Crippen LogP contribution in [0.25, 0.3) is 0 Å². The van der Waals surface area contributed by atoms with E-state index in [1.165, 1.54) is 63.6 Å². The van der Waals surface area contributed by atoms with Crippen molar-refractivity contribution in [2.75, 3.05) is 13.1 Å². The number of aromatic nitrogens is 2. The van der Waals surface area contributed by atoms with Gasteiger partial charge in [-0.25, -0.2) is 4.98 Å². The number of nitrogens with one attached hydrogen (secondary N) is 1. The molecule has 4 bridgehead atoms. The van der Waals surface area contributed by atoms with E-state index in [9.17, 15) is 0 Å². The summed E-state index contributed by atoms with van der Waals surface area (Å²) in [5.41, 5.74) is 1.97. The Morgan fingerprint density at radius 1 is 1.10 bits per heavy atom. The summed E-state index contributed by atoms with van der Waals surface area (Å²) in [6.07, 6.45) is 15.9. The van der Waals surface area contributed by atoms with E-state index < -0.39 is 0 Å². The summed E-state index contributed by atoms with van der Waals surface area (Å²) in [6.45, 7) is 2.35. The van der Waals surface area contributed by atoms with Crippen molar-refractivity contribution in [2.45, 2.75) is 62.8 Å². The van der Waals surface area contributed by atoms with Gasteiger partial charge in [-0.3, -0.25) is 0 Å². The number of nitrogens with zero attached hydrogens (tertiary/aromatic N) is 2. The molecule has 0 spiro atoms. The highest BCUT2D eigenvalue weighted by Gasteiger charge is 2.52. The molecule has 1 atom stereocenters. The van der Waals surface area contributed by atoms with Crippen molar-refractivity contribution in [1.82, 2.24) is 14.9 Å². The first kappa shape index (κ1) is 12.7.